The van der Waals surface area contributed by atoms with Crippen molar-refractivity contribution in [3.8, 4) is 11.3 Å². The Hall–Kier alpha value is -3.12. The van der Waals surface area contributed by atoms with Crippen molar-refractivity contribution >= 4 is 12.1 Å². The number of amides is 1. The Labute approximate surface area is 183 Å². The third-order valence-electron chi connectivity index (χ3n) is 5.55. The van der Waals surface area contributed by atoms with Gasteiger partial charge in [0.15, 0.2) is 0 Å². The van der Waals surface area contributed by atoms with Crippen molar-refractivity contribution in [2.75, 3.05) is 0 Å². The number of allylic oxidation sites excluding steroid dienone is 1. The number of nitrogens with one attached hydrogen (secondary N) is 1. The monoisotopic (exact) mass is 420 g/mol. The fraction of sp³-hybridized carbons (Fsp3) is 0.320. The first-order valence-electron chi connectivity index (χ1n) is 10.5. The minimum absolute atomic E-state index is 0.122. The van der Waals surface area contributed by atoms with Crippen molar-refractivity contribution < 1.29 is 9.18 Å². The van der Waals surface area contributed by atoms with Crippen LogP contribution in [-0.4, -0.2) is 23.1 Å². The van der Waals surface area contributed by atoms with E-state index in [1.165, 1.54) is 6.07 Å². The third kappa shape index (κ3) is 5.73. The molecule has 6 heteroatoms. The first kappa shape index (κ1) is 22.6. The molecule has 1 saturated carbocycles. The van der Waals surface area contributed by atoms with Crippen molar-refractivity contribution in [2.24, 2.45) is 22.6 Å². The van der Waals surface area contributed by atoms with Gasteiger partial charge in [-0.3, -0.25) is 9.79 Å². The van der Waals surface area contributed by atoms with Gasteiger partial charge in [0.1, 0.15) is 11.5 Å². The molecule has 3 N–H and O–H groups in total. The summed E-state index contributed by atoms with van der Waals surface area (Å²) in [4.78, 5) is 21.5. The summed E-state index contributed by atoms with van der Waals surface area (Å²) in [6.45, 7) is 8.23. The highest BCUT2D eigenvalue weighted by Crippen LogP contribution is 2.34. The molecular weight excluding hydrogens is 391 g/mol. The minimum Gasteiger partial charge on any atom is -0.328 e. The molecule has 162 valence electrons. The largest absolute Gasteiger partial charge is 0.328 e. The lowest BCUT2D eigenvalue weighted by molar-refractivity contribution is 0.0961. The number of aromatic nitrogens is 1. The molecule has 31 heavy (non-hydrogen) atoms. The van der Waals surface area contributed by atoms with Gasteiger partial charge in [-0.25, -0.2) is 9.37 Å². The molecule has 1 aromatic carbocycles. The molecule has 2 aromatic rings. The lowest BCUT2D eigenvalue weighted by Gasteiger charge is -2.33. The molecule has 0 bridgehead atoms. The van der Waals surface area contributed by atoms with Crippen molar-refractivity contribution in [1.29, 1.82) is 0 Å². The molecule has 1 aromatic heterocycles. The van der Waals surface area contributed by atoms with Gasteiger partial charge in [-0.1, -0.05) is 31.7 Å². The van der Waals surface area contributed by atoms with E-state index >= 15 is 0 Å². The summed E-state index contributed by atoms with van der Waals surface area (Å²) < 4.78 is 14.1. The average Bonchev–Trinajstić information content (AvgIpc) is 2.75. The Bertz CT molecular complexity index is 1000. The second-order valence-electron chi connectivity index (χ2n) is 8.09. The van der Waals surface area contributed by atoms with Crippen molar-refractivity contribution in [3.05, 3.63) is 78.0 Å². The summed E-state index contributed by atoms with van der Waals surface area (Å²) in [5, 5.41) is 2.90. The molecule has 3 rings (SSSR count). The van der Waals surface area contributed by atoms with Crippen LogP contribution in [0.5, 0.6) is 0 Å². The Morgan fingerprint density at radius 1 is 1.23 bits per heavy atom. The van der Waals surface area contributed by atoms with Gasteiger partial charge in [0, 0.05) is 17.8 Å². The molecule has 1 amide bonds. The summed E-state index contributed by atoms with van der Waals surface area (Å²) >= 11 is 0. The van der Waals surface area contributed by atoms with Crippen LogP contribution < -0.4 is 11.1 Å². The molecule has 1 aliphatic carbocycles. The van der Waals surface area contributed by atoms with Crippen LogP contribution in [0.25, 0.3) is 11.3 Å². The van der Waals surface area contributed by atoms with Crippen LogP contribution in [0.15, 0.2) is 71.5 Å². The lowest BCUT2D eigenvalue weighted by Crippen LogP contribution is -2.34. The van der Waals surface area contributed by atoms with E-state index in [1.54, 1.807) is 55.7 Å². The third-order valence-corrected chi connectivity index (χ3v) is 5.55. The molecule has 0 saturated heterocycles. The van der Waals surface area contributed by atoms with Gasteiger partial charge in [-0.15, -0.1) is 0 Å². The van der Waals surface area contributed by atoms with Crippen LogP contribution >= 0.6 is 0 Å². The summed E-state index contributed by atoms with van der Waals surface area (Å²) in [5.74, 6) is -0.113. The fourth-order valence-electron chi connectivity index (χ4n) is 4.07. The van der Waals surface area contributed by atoms with E-state index in [9.17, 15) is 9.18 Å². The Balaban J connectivity index is 1.82. The van der Waals surface area contributed by atoms with E-state index in [-0.39, 0.29) is 23.5 Å². The number of carbonyl (C=O) groups excluding carboxylic acids is 1. The second kappa shape index (κ2) is 10.3. The molecule has 0 radical (unpaired) electrons. The standard InChI is InChI=1S/C25H29FN4O/c1-4-28-15-24(17(3)18-12-16(2)13-19(27)14-18)30-25(31)23-11-7-10-22(29-23)20-8-5-6-9-21(20)26/h4-11,15-16,18-19H,3,12-14,27H2,1-2H3,(H,30,31)/b24-15+,28-4?/t16-,18+,19-/m0/s1. The van der Waals surface area contributed by atoms with Crippen LogP contribution in [0.1, 0.15) is 43.6 Å². The van der Waals surface area contributed by atoms with Crippen molar-refractivity contribution in [3.63, 3.8) is 0 Å². The Kier molecular flexibility index (Phi) is 7.47. The van der Waals surface area contributed by atoms with Crippen LogP contribution in [0, 0.1) is 17.7 Å². The zero-order valence-corrected chi connectivity index (χ0v) is 18.0. The highest BCUT2D eigenvalue weighted by Gasteiger charge is 2.28. The molecule has 1 heterocycles. The van der Waals surface area contributed by atoms with E-state index in [0.29, 0.717) is 22.9 Å². The quantitative estimate of drug-likeness (QED) is 0.517. The van der Waals surface area contributed by atoms with Gasteiger partial charge in [0.2, 0.25) is 0 Å². The lowest BCUT2D eigenvalue weighted by atomic mass is 9.76. The number of benzene rings is 1. The summed E-state index contributed by atoms with van der Waals surface area (Å²) in [6, 6.07) is 11.4. The van der Waals surface area contributed by atoms with Crippen molar-refractivity contribution in [1.82, 2.24) is 10.3 Å². The number of nitrogens with zero attached hydrogens (tertiary/aromatic N) is 2. The molecule has 1 fully saturated rings. The predicted octanol–water partition coefficient (Wildman–Crippen LogP) is 4.87. The highest BCUT2D eigenvalue weighted by molar-refractivity contribution is 5.94. The molecule has 0 unspecified atom stereocenters. The first-order valence-corrected chi connectivity index (χ1v) is 10.5. The number of rotatable bonds is 6. The van der Waals surface area contributed by atoms with E-state index in [4.69, 9.17) is 5.73 Å². The highest BCUT2D eigenvalue weighted by atomic mass is 19.1. The van der Waals surface area contributed by atoms with E-state index in [2.05, 4.69) is 28.8 Å². The van der Waals surface area contributed by atoms with E-state index in [1.807, 2.05) is 0 Å². The Morgan fingerprint density at radius 3 is 2.71 bits per heavy atom. The number of hydrogen-bond donors (Lipinski definition) is 2. The molecule has 0 aliphatic heterocycles. The number of halogens is 1. The minimum atomic E-state index is -0.398. The van der Waals surface area contributed by atoms with Crippen LogP contribution in [0.3, 0.4) is 0 Å². The van der Waals surface area contributed by atoms with Crippen LogP contribution in [0.2, 0.25) is 0 Å². The van der Waals surface area contributed by atoms with E-state index in [0.717, 1.165) is 24.8 Å². The zero-order chi connectivity index (χ0) is 22.4. The number of nitrogens with two attached hydrogens (primary N) is 1. The fourth-order valence-corrected chi connectivity index (χ4v) is 4.07. The number of pyridine rings is 1. The van der Waals surface area contributed by atoms with Gasteiger partial charge >= 0.3 is 0 Å². The first-order chi connectivity index (χ1) is 14.9. The SMILES string of the molecule is C=C(/C(=C\N=CC)NC(=O)c1cccc(-c2ccccc2F)n1)[C@@H]1C[C@H](C)C[C@H](N)C1. The number of carbonyl (C=O) groups is 1. The van der Waals surface area contributed by atoms with Gasteiger partial charge in [-0.05, 0) is 67.9 Å². The number of aliphatic imine (C=N–C) groups is 1. The maximum absolute atomic E-state index is 14.1. The number of hydrogen-bond acceptors (Lipinski definition) is 4. The van der Waals surface area contributed by atoms with Gasteiger partial charge < -0.3 is 11.1 Å². The second-order valence-corrected chi connectivity index (χ2v) is 8.09. The van der Waals surface area contributed by atoms with E-state index < -0.39 is 5.91 Å². The molecule has 0 spiro atoms. The Morgan fingerprint density at radius 2 is 2.00 bits per heavy atom. The zero-order valence-electron chi connectivity index (χ0n) is 18.0. The molecule has 3 atom stereocenters. The summed E-state index contributed by atoms with van der Waals surface area (Å²) in [7, 11) is 0. The van der Waals surface area contributed by atoms with Crippen LogP contribution in [-0.2, 0) is 0 Å². The molecule has 5 nitrogen and oxygen atoms in total. The van der Waals surface area contributed by atoms with Gasteiger partial charge in [0.05, 0.1) is 17.6 Å². The van der Waals surface area contributed by atoms with Gasteiger partial charge in [-0.2, -0.15) is 0 Å². The maximum Gasteiger partial charge on any atom is 0.274 e. The van der Waals surface area contributed by atoms with Crippen molar-refractivity contribution in [2.45, 2.75) is 39.2 Å². The summed E-state index contributed by atoms with van der Waals surface area (Å²) in [6.07, 6.45) is 6.04. The average molecular weight is 421 g/mol. The summed E-state index contributed by atoms with van der Waals surface area (Å²) in [5.41, 5.74) is 8.50. The predicted molar refractivity (Wildman–Crippen MR) is 123 cm³/mol. The molecule has 1 aliphatic rings. The topological polar surface area (TPSA) is 80.4 Å². The molecular formula is C25H29FN4O. The maximum atomic E-state index is 14.1. The van der Waals surface area contributed by atoms with Gasteiger partial charge in [0.25, 0.3) is 5.91 Å². The normalized spacial score (nSPS) is 21.8. The van der Waals surface area contributed by atoms with Crippen LogP contribution in [0.4, 0.5) is 4.39 Å². The smallest absolute Gasteiger partial charge is 0.274 e.